The van der Waals surface area contributed by atoms with Crippen LogP contribution in [0, 0.1) is 6.92 Å². The molecule has 224 valence electrons. The number of nitrogens with one attached hydrogen (secondary N) is 1. The molecule has 0 saturated heterocycles. The van der Waals surface area contributed by atoms with Crippen LogP contribution in [0.1, 0.15) is 30.5 Å². The molecule has 9 heteroatoms. The van der Waals surface area contributed by atoms with Gasteiger partial charge in [-0.3, -0.25) is 13.9 Å². The molecule has 0 aromatic heterocycles. The molecule has 1 unspecified atom stereocenters. The van der Waals surface area contributed by atoms with Gasteiger partial charge in [0.05, 0.1) is 10.6 Å². The molecule has 2 amide bonds. The van der Waals surface area contributed by atoms with Crippen LogP contribution in [0.2, 0.25) is 5.02 Å². The Kier molecular flexibility index (Phi) is 10.6. The zero-order valence-corrected chi connectivity index (χ0v) is 26.1. The number of hydrogen-bond donors (Lipinski definition) is 1. The molecule has 0 spiro atoms. The SMILES string of the molecule is Cc1ccccc1N(CC(=O)N(Cc1ccccc1)C(Cc1ccccc1)C(=O)NC(C)C)S(=O)(=O)c1ccc(Cl)cc1. The van der Waals surface area contributed by atoms with E-state index in [1.807, 2.05) is 80.6 Å². The summed E-state index contributed by atoms with van der Waals surface area (Å²) in [7, 11) is -4.19. The molecule has 1 atom stereocenters. The molecular weight excluding hydrogens is 582 g/mol. The third kappa shape index (κ3) is 8.24. The summed E-state index contributed by atoms with van der Waals surface area (Å²) < 4.78 is 29.3. The van der Waals surface area contributed by atoms with Crippen molar-refractivity contribution in [2.24, 2.45) is 0 Å². The number of carbonyl (C=O) groups is 2. The van der Waals surface area contributed by atoms with E-state index in [9.17, 15) is 18.0 Å². The van der Waals surface area contributed by atoms with Crippen molar-refractivity contribution < 1.29 is 18.0 Å². The summed E-state index contributed by atoms with van der Waals surface area (Å²) in [4.78, 5) is 29.6. The fraction of sp³-hybridized carbons (Fsp3) is 0.235. The minimum absolute atomic E-state index is 0.000879. The summed E-state index contributed by atoms with van der Waals surface area (Å²) in [5.41, 5.74) is 2.74. The Balaban J connectivity index is 1.80. The van der Waals surface area contributed by atoms with E-state index in [1.165, 1.54) is 29.2 Å². The summed E-state index contributed by atoms with van der Waals surface area (Å²) in [5, 5.41) is 3.36. The van der Waals surface area contributed by atoms with Gasteiger partial charge in [-0.2, -0.15) is 0 Å². The lowest BCUT2D eigenvalue weighted by molar-refractivity contribution is -0.140. The summed E-state index contributed by atoms with van der Waals surface area (Å²) in [6.07, 6.45) is 0.256. The number of nitrogens with zero attached hydrogens (tertiary/aromatic N) is 2. The van der Waals surface area contributed by atoms with Gasteiger partial charge in [0.15, 0.2) is 0 Å². The number of halogens is 1. The van der Waals surface area contributed by atoms with Crippen molar-refractivity contribution in [3.63, 3.8) is 0 Å². The highest BCUT2D eigenvalue weighted by Crippen LogP contribution is 2.28. The number of sulfonamides is 1. The smallest absolute Gasteiger partial charge is 0.264 e. The second-order valence-electron chi connectivity index (χ2n) is 10.6. The van der Waals surface area contributed by atoms with Gasteiger partial charge in [-0.05, 0) is 67.8 Å². The molecule has 43 heavy (non-hydrogen) atoms. The van der Waals surface area contributed by atoms with Crippen LogP contribution in [-0.2, 0) is 32.6 Å². The maximum absolute atomic E-state index is 14.4. The summed E-state index contributed by atoms with van der Waals surface area (Å²) in [6.45, 7) is 5.12. The van der Waals surface area contributed by atoms with Crippen molar-refractivity contribution >= 4 is 39.1 Å². The minimum Gasteiger partial charge on any atom is -0.352 e. The number of aryl methyl sites for hydroxylation is 1. The largest absolute Gasteiger partial charge is 0.352 e. The van der Waals surface area contributed by atoms with Crippen molar-refractivity contribution in [3.05, 3.63) is 131 Å². The lowest BCUT2D eigenvalue weighted by atomic mass is 10.0. The van der Waals surface area contributed by atoms with E-state index in [1.54, 1.807) is 25.1 Å². The fourth-order valence-electron chi connectivity index (χ4n) is 4.81. The predicted molar refractivity (Wildman–Crippen MR) is 171 cm³/mol. The Morgan fingerprint density at radius 1 is 0.791 bits per heavy atom. The Morgan fingerprint density at radius 3 is 1.93 bits per heavy atom. The normalized spacial score (nSPS) is 12.0. The van der Waals surface area contributed by atoms with Gasteiger partial charge in [0.2, 0.25) is 11.8 Å². The molecule has 1 N–H and O–H groups in total. The number of rotatable bonds is 12. The first-order chi connectivity index (χ1) is 20.6. The number of amides is 2. The lowest BCUT2D eigenvalue weighted by Gasteiger charge is -2.34. The highest BCUT2D eigenvalue weighted by molar-refractivity contribution is 7.92. The van der Waals surface area contributed by atoms with Crippen LogP contribution in [0.5, 0.6) is 0 Å². The predicted octanol–water partition coefficient (Wildman–Crippen LogP) is 6.01. The summed E-state index contributed by atoms with van der Waals surface area (Å²) >= 11 is 6.05. The van der Waals surface area contributed by atoms with Crippen LogP contribution in [0.15, 0.2) is 114 Å². The van der Waals surface area contributed by atoms with E-state index in [2.05, 4.69) is 5.32 Å². The number of anilines is 1. The minimum atomic E-state index is -4.19. The molecule has 4 aromatic carbocycles. The molecule has 4 aromatic rings. The quantitative estimate of drug-likeness (QED) is 0.211. The van der Waals surface area contributed by atoms with E-state index in [0.29, 0.717) is 16.3 Å². The number of hydrogen-bond acceptors (Lipinski definition) is 4. The average molecular weight is 618 g/mol. The number of benzene rings is 4. The first-order valence-corrected chi connectivity index (χ1v) is 15.9. The van der Waals surface area contributed by atoms with Gasteiger partial charge in [-0.15, -0.1) is 0 Å². The van der Waals surface area contributed by atoms with Gasteiger partial charge in [-0.1, -0.05) is 90.5 Å². The number of carbonyl (C=O) groups excluding carboxylic acids is 2. The van der Waals surface area contributed by atoms with Gasteiger partial charge < -0.3 is 10.2 Å². The lowest BCUT2D eigenvalue weighted by Crippen LogP contribution is -2.54. The van der Waals surface area contributed by atoms with Crippen LogP contribution in [0.25, 0.3) is 0 Å². The molecule has 0 bridgehead atoms. The summed E-state index contributed by atoms with van der Waals surface area (Å²) in [5.74, 6) is -0.824. The molecular formula is C34H36ClN3O4S. The van der Waals surface area contributed by atoms with Crippen LogP contribution in [0.4, 0.5) is 5.69 Å². The second kappa shape index (κ2) is 14.4. The fourth-order valence-corrected chi connectivity index (χ4v) is 6.41. The molecule has 7 nitrogen and oxygen atoms in total. The third-order valence-electron chi connectivity index (χ3n) is 6.96. The van der Waals surface area contributed by atoms with E-state index >= 15 is 0 Å². The van der Waals surface area contributed by atoms with Gasteiger partial charge in [0, 0.05) is 24.0 Å². The highest BCUT2D eigenvalue weighted by atomic mass is 35.5. The van der Waals surface area contributed by atoms with Crippen molar-refractivity contribution in [2.75, 3.05) is 10.8 Å². The number of para-hydroxylation sites is 1. The van der Waals surface area contributed by atoms with E-state index in [0.717, 1.165) is 15.4 Å². The Bertz CT molecular complexity index is 1630. The van der Waals surface area contributed by atoms with Gasteiger partial charge in [0.25, 0.3) is 10.0 Å². The Morgan fingerprint density at radius 2 is 1.35 bits per heavy atom. The monoisotopic (exact) mass is 617 g/mol. The van der Waals surface area contributed by atoms with Crippen molar-refractivity contribution in [3.8, 4) is 0 Å². The molecule has 0 aliphatic heterocycles. The molecule has 0 aliphatic rings. The summed E-state index contributed by atoms with van der Waals surface area (Å²) in [6, 6.07) is 30.6. The van der Waals surface area contributed by atoms with Gasteiger partial charge in [-0.25, -0.2) is 8.42 Å². The van der Waals surface area contributed by atoms with Gasteiger partial charge in [0.1, 0.15) is 12.6 Å². The maximum Gasteiger partial charge on any atom is 0.264 e. The standard InChI is InChI=1S/C34H36ClN3O4S/c1-25(2)36-34(40)32(22-27-13-6-4-7-14-27)37(23-28-15-8-5-9-16-28)33(39)24-38(31-17-11-10-12-26(31)3)43(41,42)30-20-18-29(35)19-21-30/h4-21,25,32H,22-24H2,1-3H3,(H,36,40). The van der Waals surface area contributed by atoms with Crippen molar-refractivity contribution in [1.29, 1.82) is 0 Å². The Labute approximate surface area is 259 Å². The van der Waals surface area contributed by atoms with Crippen LogP contribution in [0.3, 0.4) is 0 Å². The van der Waals surface area contributed by atoms with Gasteiger partial charge >= 0.3 is 0 Å². The van der Waals surface area contributed by atoms with E-state index in [-0.39, 0.29) is 29.8 Å². The molecule has 0 radical (unpaired) electrons. The zero-order valence-electron chi connectivity index (χ0n) is 24.5. The zero-order chi connectivity index (χ0) is 31.0. The van der Waals surface area contributed by atoms with Crippen LogP contribution < -0.4 is 9.62 Å². The van der Waals surface area contributed by atoms with E-state index in [4.69, 9.17) is 11.6 Å². The first kappa shape index (κ1) is 31.8. The topological polar surface area (TPSA) is 86.8 Å². The molecule has 0 saturated carbocycles. The molecule has 0 fully saturated rings. The van der Waals surface area contributed by atoms with Crippen molar-refractivity contribution in [2.45, 2.75) is 50.7 Å². The van der Waals surface area contributed by atoms with E-state index < -0.39 is 28.5 Å². The van der Waals surface area contributed by atoms with Crippen LogP contribution in [-0.4, -0.2) is 43.8 Å². The average Bonchev–Trinajstić information content (AvgIpc) is 2.99. The van der Waals surface area contributed by atoms with Crippen LogP contribution >= 0.6 is 11.6 Å². The highest BCUT2D eigenvalue weighted by Gasteiger charge is 2.35. The second-order valence-corrected chi connectivity index (χ2v) is 12.9. The maximum atomic E-state index is 14.4. The molecule has 4 rings (SSSR count). The van der Waals surface area contributed by atoms with Crippen molar-refractivity contribution in [1.82, 2.24) is 10.2 Å². The Hall–Kier alpha value is -4.14. The molecule has 0 heterocycles. The first-order valence-electron chi connectivity index (χ1n) is 14.1. The molecule has 0 aliphatic carbocycles. The third-order valence-corrected chi connectivity index (χ3v) is 8.99.